The van der Waals surface area contributed by atoms with Crippen LogP contribution in [0.25, 0.3) is 0 Å². The summed E-state index contributed by atoms with van der Waals surface area (Å²) >= 11 is 0. The molecule has 18 heavy (non-hydrogen) atoms. The monoisotopic (exact) mass is 258 g/mol. The smallest absolute Gasteiger partial charge is 0.323 e. The summed E-state index contributed by atoms with van der Waals surface area (Å²) in [5.74, 6) is -0.920. The number of morpholine rings is 1. The summed E-state index contributed by atoms with van der Waals surface area (Å²) in [6, 6.07) is 0. The molecule has 1 saturated heterocycles. The first kappa shape index (κ1) is 15.4. The van der Waals surface area contributed by atoms with E-state index in [4.69, 9.17) is 15.6 Å². The average molecular weight is 258 g/mol. The minimum atomic E-state index is -1.09. The largest absolute Gasteiger partial charge is 0.480 e. The molecular formula is C13H26N2O3. The summed E-state index contributed by atoms with van der Waals surface area (Å²) in [6.07, 6.45) is 2.93. The molecule has 0 aromatic heterocycles. The standard InChI is InChI=1S/C13H26N2O3/c1-10-8-15(9-11(2)18-10)7-5-4-6-13(3,14)12(16)17/h10-11H,4-9,14H2,1-3H3,(H,16,17). The van der Waals surface area contributed by atoms with E-state index in [-0.39, 0.29) is 12.2 Å². The molecule has 1 rings (SSSR count). The van der Waals surface area contributed by atoms with Crippen LogP contribution in [0, 0.1) is 0 Å². The van der Waals surface area contributed by atoms with Crippen LogP contribution in [0.4, 0.5) is 0 Å². The SMILES string of the molecule is CC1CN(CCCCC(C)(N)C(=O)O)CC(C)O1. The van der Waals surface area contributed by atoms with Crippen molar-refractivity contribution in [2.75, 3.05) is 19.6 Å². The molecule has 0 aromatic carbocycles. The number of aliphatic carboxylic acids is 1. The van der Waals surface area contributed by atoms with Gasteiger partial charge in [0.2, 0.25) is 0 Å². The number of hydrogen-bond donors (Lipinski definition) is 2. The highest BCUT2D eigenvalue weighted by atomic mass is 16.5. The highest BCUT2D eigenvalue weighted by molar-refractivity contribution is 5.77. The van der Waals surface area contributed by atoms with Gasteiger partial charge >= 0.3 is 5.97 Å². The Morgan fingerprint density at radius 2 is 1.94 bits per heavy atom. The zero-order valence-corrected chi connectivity index (χ0v) is 11.7. The summed E-state index contributed by atoms with van der Waals surface area (Å²) in [4.78, 5) is 13.2. The van der Waals surface area contributed by atoms with Gasteiger partial charge < -0.3 is 15.6 Å². The number of unbranched alkanes of at least 4 members (excludes halogenated alkanes) is 1. The number of nitrogens with zero attached hydrogens (tertiary/aromatic N) is 1. The minimum absolute atomic E-state index is 0.285. The van der Waals surface area contributed by atoms with Crippen molar-refractivity contribution >= 4 is 5.97 Å². The molecule has 3 unspecified atom stereocenters. The van der Waals surface area contributed by atoms with E-state index in [2.05, 4.69) is 18.7 Å². The fourth-order valence-corrected chi connectivity index (χ4v) is 2.40. The highest BCUT2D eigenvalue weighted by Gasteiger charge is 2.27. The number of ether oxygens (including phenoxy) is 1. The van der Waals surface area contributed by atoms with Gasteiger partial charge in [0.15, 0.2) is 0 Å². The zero-order chi connectivity index (χ0) is 13.8. The number of hydrogen-bond acceptors (Lipinski definition) is 4. The molecule has 106 valence electrons. The molecule has 0 amide bonds. The van der Waals surface area contributed by atoms with E-state index in [0.29, 0.717) is 6.42 Å². The van der Waals surface area contributed by atoms with Gasteiger partial charge in [-0.1, -0.05) is 0 Å². The Morgan fingerprint density at radius 3 is 2.44 bits per heavy atom. The number of nitrogens with two attached hydrogens (primary N) is 1. The second-order valence-electron chi connectivity index (χ2n) is 5.70. The van der Waals surface area contributed by atoms with Crippen LogP contribution in [0.2, 0.25) is 0 Å². The van der Waals surface area contributed by atoms with Crippen LogP contribution in [0.5, 0.6) is 0 Å². The van der Waals surface area contributed by atoms with Crippen LogP contribution in [0.3, 0.4) is 0 Å². The average Bonchev–Trinajstić information content (AvgIpc) is 2.23. The van der Waals surface area contributed by atoms with Crippen LogP contribution in [-0.2, 0) is 9.53 Å². The van der Waals surface area contributed by atoms with Crippen LogP contribution >= 0.6 is 0 Å². The maximum absolute atomic E-state index is 10.9. The first-order chi connectivity index (χ1) is 8.31. The summed E-state index contributed by atoms with van der Waals surface area (Å²) in [6.45, 7) is 8.67. The van der Waals surface area contributed by atoms with Gasteiger partial charge in [-0.2, -0.15) is 0 Å². The Hall–Kier alpha value is -0.650. The lowest BCUT2D eigenvalue weighted by atomic mass is 9.96. The van der Waals surface area contributed by atoms with Gasteiger partial charge in [0.1, 0.15) is 5.54 Å². The molecule has 5 heteroatoms. The van der Waals surface area contributed by atoms with Crippen molar-refractivity contribution in [2.24, 2.45) is 5.73 Å². The second-order valence-corrected chi connectivity index (χ2v) is 5.70. The molecule has 0 radical (unpaired) electrons. The summed E-state index contributed by atoms with van der Waals surface area (Å²) in [5.41, 5.74) is 4.60. The van der Waals surface area contributed by atoms with E-state index in [1.54, 1.807) is 6.92 Å². The van der Waals surface area contributed by atoms with Crippen molar-refractivity contribution < 1.29 is 14.6 Å². The molecule has 1 fully saturated rings. The van der Waals surface area contributed by atoms with Crippen LogP contribution in [0.1, 0.15) is 40.0 Å². The van der Waals surface area contributed by atoms with Gasteiger partial charge in [-0.05, 0) is 46.6 Å². The van der Waals surface area contributed by atoms with Crippen molar-refractivity contribution in [3.8, 4) is 0 Å². The van der Waals surface area contributed by atoms with E-state index in [1.807, 2.05) is 0 Å². The molecule has 3 atom stereocenters. The molecular weight excluding hydrogens is 232 g/mol. The first-order valence-corrected chi connectivity index (χ1v) is 6.71. The quantitative estimate of drug-likeness (QED) is 0.697. The van der Waals surface area contributed by atoms with Crippen molar-refractivity contribution in [1.29, 1.82) is 0 Å². The maximum Gasteiger partial charge on any atom is 0.323 e. The van der Waals surface area contributed by atoms with E-state index in [9.17, 15) is 4.79 Å². The van der Waals surface area contributed by atoms with Crippen molar-refractivity contribution in [2.45, 2.75) is 57.8 Å². The second kappa shape index (κ2) is 6.50. The van der Waals surface area contributed by atoms with Gasteiger partial charge in [0, 0.05) is 13.1 Å². The third-order valence-electron chi connectivity index (χ3n) is 3.40. The van der Waals surface area contributed by atoms with Crippen LogP contribution < -0.4 is 5.73 Å². The lowest BCUT2D eigenvalue weighted by Gasteiger charge is -2.35. The van der Waals surface area contributed by atoms with Gasteiger partial charge in [0.05, 0.1) is 12.2 Å². The third-order valence-corrected chi connectivity index (χ3v) is 3.40. The molecule has 0 aromatic rings. The minimum Gasteiger partial charge on any atom is -0.480 e. The molecule has 5 nitrogen and oxygen atoms in total. The van der Waals surface area contributed by atoms with Gasteiger partial charge in [-0.25, -0.2) is 0 Å². The Morgan fingerprint density at radius 1 is 1.39 bits per heavy atom. The topological polar surface area (TPSA) is 75.8 Å². The highest BCUT2D eigenvalue weighted by Crippen LogP contribution is 2.14. The third kappa shape index (κ3) is 4.92. The first-order valence-electron chi connectivity index (χ1n) is 6.71. The Labute approximate surface area is 109 Å². The number of carboxylic acids is 1. The van der Waals surface area contributed by atoms with Crippen LogP contribution in [-0.4, -0.2) is 53.4 Å². The molecule has 1 heterocycles. The normalized spacial score (nSPS) is 28.9. The molecule has 1 aliphatic rings. The van der Waals surface area contributed by atoms with E-state index < -0.39 is 11.5 Å². The molecule has 0 spiro atoms. The molecule has 1 aliphatic heterocycles. The summed E-state index contributed by atoms with van der Waals surface area (Å²) in [5, 5.41) is 8.91. The maximum atomic E-state index is 10.9. The lowest BCUT2D eigenvalue weighted by Crippen LogP contribution is -2.46. The molecule has 0 aliphatic carbocycles. The summed E-state index contributed by atoms with van der Waals surface area (Å²) < 4.78 is 5.67. The predicted molar refractivity (Wildman–Crippen MR) is 70.5 cm³/mol. The lowest BCUT2D eigenvalue weighted by molar-refractivity contribution is -0.142. The van der Waals surface area contributed by atoms with Crippen LogP contribution in [0.15, 0.2) is 0 Å². The van der Waals surface area contributed by atoms with Crippen molar-refractivity contribution in [3.05, 3.63) is 0 Å². The fourth-order valence-electron chi connectivity index (χ4n) is 2.40. The molecule has 0 saturated carbocycles. The Balaban J connectivity index is 2.20. The number of carbonyl (C=O) groups is 1. The Kier molecular flexibility index (Phi) is 5.56. The van der Waals surface area contributed by atoms with Crippen molar-refractivity contribution in [1.82, 2.24) is 4.90 Å². The Bertz CT molecular complexity index is 271. The van der Waals surface area contributed by atoms with E-state index >= 15 is 0 Å². The van der Waals surface area contributed by atoms with E-state index in [1.165, 1.54) is 0 Å². The number of carboxylic acid groups (broad SMARTS) is 1. The van der Waals surface area contributed by atoms with Gasteiger partial charge in [-0.15, -0.1) is 0 Å². The van der Waals surface area contributed by atoms with E-state index in [0.717, 1.165) is 32.5 Å². The fraction of sp³-hybridized carbons (Fsp3) is 0.923. The summed E-state index contributed by atoms with van der Waals surface area (Å²) in [7, 11) is 0. The number of rotatable bonds is 6. The molecule has 3 N–H and O–H groups in total. The predicted octanol–water partition coefficient (Wildman–Crippen LogP) is 1.07. The van der Waals surface area contributed by atoms with Crippen molar-refractivity contribution in [3.63, 3.8) is 0 Å². The van der Waals surface area contributed by atoms with Gasteiger partial charge in [0.25, 0.3) is 0 Å². The molecule has 0 bridgehead atoms. The van der Waals surface area contributed by atoms with Gasteiger partial charge in [-0.3, -0.25) is 9.69 Å². The zero-order valence-electron chi connectivity index (χ0n) is 11.7.